The van der Waals surface area contributed by atoms with Crippen LogP contribution in [0.2, 0.25) is 5.02 Å². The summed E-state index contributed by atoms with van der Waals surface area (Å²) in [4.78, 5) is 15.8. The number of sulfone groups is 1. The van der Waals surface area contributed by atoms with Crippen LogP contribution in [0.15, 0.2) is 41.6 Å². The first-order chi connectivity index (χ1) is 13.7. The average Bonchev–Trinajstić information content (AvgIpc) is 3.19. The van der Waals surface area contributed by atoms with Crippen LogP contribution in [0.4, 0.5) is 0 Å². The maximum atomic E-state index is 12.5. The molecular weight excluding hydrogens is 444 g/mol. The Bertz CT molecular complexity index is 1220. The molecule has 1 aliphatic carbocycles. The minimum absolute atomic E-state index is 0. The number of halogens is 1. The van der Waals surface area contributed by atoms with Gasteiger partial charge in [0.2, 0.25) is 0 Å². The summed E-state index contributed by atoms with van der Waals surface area (Å²) in [6, 6.07) is 7.22. The van der Waals surface area contributed by atoms with Crippen LogP contribution < -0.4 is 0 Å². The minimum atomic E-state index is -3.52. The van der Waals surface area contributed by atoms with Crippen molar-refractivity contribution in [1.82, 2.24) is 9.55 Å². The van der Waals surface area contributed by atoms with E-state index in [4.69, 9.17) is 11.6 Å². The Labute approximate surface area is 187 Å². The molecule has 30 heavy (non-hydrogen) atoms. The van der Waals surface area contributed by atoms with Crippen LogP contribution in [0.1, 0.15) is 48.5 Å². The van der Waals surface area contributed by atoms with Gasteiger partial charge in [-0.2, -0.15) is 13.5 Å². The van der Waals surface area contributed by atoms with E-state index < -0.39 is 15.8 Å². The first-order valence-electron chi connectivity index (χ1n) is 9.36. The first kappa shape index (κ1) is 22.7. The third-order valence-corrected chi connectivity index (χ3v) is 7.06. The van der Waals surface area contributed by atoms with E-state index in [2.05, 4.69) is 4.98 Å². The Hall–Kier alpha value is -2.03. The fourth-order valence-electron chi connectivity index (χ4n) is 4.44. The predicted molar refractivity (Wildman–Crippen MR) is 122 cm³/mol. The van der Waals surface area contributed by atoms with Gasteiger partial charge in [0.15, 0.2) is 9.84 Å². The van der Waals surface area contributed by atoms with Crippen molar-refractivity contribution >= 4 is 51.8 Å². The van der Waals surface area contributed by atoms with Gasteiger partial charge in [-0.1, -0.05) is 23.7 Å². The van der Waals surface area contributed by atoms with Gasteiger partial charge >= 0.3 is 5.97 Å². The summed E-state index contributed by atoms with van der Waals surface area (Å²) in [6.45, 7) is 1.99. The monoisotopic (exact) mass is 466 g/mol. The molecule has 9 heteroatoms. The highest BCUT2D eigenvalue weighted by Crippen LogP contribution is 2.45. The highest BCUT2D eigenvalue weighted by Gasteiger charge is 2.35. The molecule has 0 spiro atoms. The van der Waals surface area contributed by atoms with E-state index in [0.29, 0.717) is 17.0 Å². The topological polar surface area (TPSA) is 89.3 Å². The van der Waals surface area contributed by atoms with Crippen molar-refractivity contribution in [3.8, 4) is 0 Å². The molecular formula is C21H23ClN2O4S2. The Kier molecular flexibility index (Phi) is 6.23. The van der Waals surface area contributed by atoms with Gasteiger partial charge in [-0.3, -0.25) is 9.78 Å². The highest BCUT2D eigenvalue weighted by molar-refractivity contribution is 7.91. The first-order valence-corrected chi connectivity index (χ1v) is 11.6. The second-order valence-corrected chi connectivity index (χ2v) is 10.0. The summed E-state index contributed by atoms with van der Waals surface area (Å²) in [7, 11) is -3.52. The van der Waals surface area contributed by atoms with Crippen LogP contribution in [0.3, 0.4) is 0 Å². The lowest BCUT2D eigenvalue weighted by Gasteiger charge is -2.23. The number of aromatic nitrogens is 2. The second-order valence-electron chi connectivity index (χ2n) is 7.60. The van der Waals surface area contributed by atoms with Gasteiger partial charge in [-0.05, 0) is 43.0 Å². The van der Waals surface area contributed by atoms with Crippen LogP contribution in [0.25, 0.3) is 10.9 Å². The highest BCUT2D eigenvalue weighted by atomic mass is 35.5. The molecule has 1 unspecified atom stereocenters. The molecule has 0 saturated heterocycles. The zero-order valence-electron chi connectivity index (χ0n) is 16.6. The number of fused-ring (bicyclic) bond motifs is 3. The van der Waals surface area contributed by atoms with Crippen LogP contribution in [0, 0.1) is 0 Å². The van der Waals surface area contributed by atoms with Gasteiger partial charge in [0.1, 0.15) is 4.90 Å². The zero-order chi connectivity index (χ0) is 20.9. The van der Waals surface area contributed by atoms with Gasteiger partial charge in [0.05, 0.1) is 18.0 Å². The smallest absolute Gasteiger partial charge is 0.304 e. The number of aliphatic carboxylic acids is 1. The van der Waals surface area contributed by atoms with Crippen molar-refractivity contribution in [3.63, 3.8) is 0 Å². The molecule has 6 nitrogen and oxygen atoms in total. The number of pyridine rings is 1. The van der Waals surface area contributed by atoms with Crippen LogP contribution in [0.5, 0.6) is 0 Å². The summed E-state index contributed by atoms with van der Waals surface area (Å²) in [5, 5.41) is 10.8. The van der Waals surface area contributed by atoms with Crippen molar-refractivity contribution in [3.05, 3.63) is 58.5 Å². The summed E-state index contributed by atoms with van der Waals surface area (Å²) < 4.78 is 27.1. The lowest BCUT2D eigenvalue weighted by molar-refractivity contribution is -0.137. The number of carboxylic acids is 1. The molecule has 3 aromatic rings. The van der Waals surface area contributed by atoms with Crippen molar-refractivity contribution in [2.24, 2.45) is 0 Å². The van der Waals surface area contributed by atoms with Gasteiger partial charge in [-0.15, -0.1) is 0 Å². The van der Waals surface area contributed by atoms with E-state index >= 15 is 0 Å². The van der Waals surface area contributed by atoms with E-state index in [1.165, 1.54) is 12.5 Å². The number of carboxylic acid groups (broad SMARTS) is 1. The van der Waals surface area contributed by atoms with Gasteiger partial charge in [0.25, 0.3) is 0 Å². The van der Waals surface area contributed by atoms with Gasteiger partial charge in [0, 0.05) is 40.7 Å². The third kappa shape index (κ3) is 3.84. The molecule has 2 heterocycles. The number of hydrogen-bond acceptors (Lipinski definition) is 4. The summed E-state index contributed by atoms with van der Waals surface area (Å²) in [5.74, 6) is -1.03. The Morgan fingerprint density at radius 3 is 2.57 bits per heavy atom. The third-order valence-electron chi connectivity index (χ3n) is 5.71. The van der Waals surface area contributed by atoms with Gasteiger partial charge in [-0.25, -0.2) is 8.42 Å². The van der Waals surface area contributed by atoms with Crippen molar-refractivity contribution in [2.45, 2.75) is 43.0 Å². The lowest BCUT2D eigenvalue weighted by Crippen LogP contribution is -2.15. The summed E-state index contributed by atoms with van der Waals surface area (Å²) >= 11 is 6.04. The largest absolute Gasteiger partial charge is 0.481 e. The molecule has 2 aromatic heterocycles. The van der Waals surface area contributed by atoms with E-state index in [0.717, 1.165) is 28.6 Å². The number of carbonyl (C=O) groups is 1. The molecule has 0 bridgehead atoms. The molecule has 2 atom stereocenters. The van der Waals surface area contributed by atoms with Crippen LogP contribution in [-0.4, -0.2) is 35.3 Å². The van der Waals surface area contributed by atoms with Gasteiger partial charge < -0.3 is 9.67 Å². The SMILES string of the molecule is C[C@@H](c1ccc(Cl)cc1)n1c2c(c3cncc(S(C)(=O)=O)c31)CCC2CC(=O)O.S. The number of rotatable bonds is 5. The average molecular weight is 467 g/mol. The molecule has 160 valence electrons. The fraction of sp³-hybridized carbons (Fsp3) is 0.333. The summed E-state index contributed by atoms with van der Waals surface area (Å²) in [6.07, 6.45) is 5.69. The molecule has 0 aliphatic heterocycles. The zero-order valence-corrected chi connectivity index (χ0v) is 19.2. The van der Waals surface area contributed by atoms with E-state index in [1.807, 2.05) is 23.6 Å². The number of aryl methyl sites for hydroxylation is 1. The normalized spacial score (nSPS) is 16.8. The van der Waals surface area contributed by atoms with Crippen LogP contribution >= 0.6 is 25.1 Å². The Morgan fingerprint density at radius 1 is 1.30 bits per heavy atom. The van der Waals surface area contributed by atoms with Crippen molar-refractivity contribution in [2.75, 3.05) is 6.26 Å². The molecule has 0 saturated carbocycles. The number of benzene rings is 1. The molecule has 0 fully saturated rings. The number of nitrogens with zero attached hydrogens (tertiary/aromatic N) is 2. The standard InChI is InChI=1S/C21H21ClN2O4S.H2S/c1-12(13-3-6-15(22)7-4-13)24-20-14(9-19(25)26)5-8-16(20)17-10-23-11-18(21(17)24)29(2,27)28;/h3-4,6-7,10-12,14H,5,8-9H2,1-2H3,(H,25,26);1H2/t12-,14?;/m0./s1. The maximum Gasteiger partial charge on any atom is 0.304 e. The van der Waals surface area contributed by atoms with Crippen molar-refractivity contribution < 1.29 is 18.3 Å². The maximum absolute atomic E-state index is 12.5. The quantitative estimate of drug-likeness (QED) is 0.604. The minimum Gasteiger partial charge on any atom is -0.481 e. The Balaban J connectivity index is 0.00000256. The van der Waals surface area contributed by atoms with E-state index in [1.54, 1.807) is 18.3 Å². The van der Waals surface area contributed by atoms with Crippen LogP contribution in [-0.2, 0) is 21.1 Å². The fourth-order valence-corrected chi connectivity index (χ4v) is 5.38. The lowest BCUT2D eigenvalue weighted by atomic mass is 10.0. The predicted octanol–water partition coefficient (Wildman–Crippen LogP) is 4.32. The number of hydrogen-bond donors (Lipinski definition) is 1. The van der Waals surface area contributed by atoms with E-state index in [9.17, 15) is 18.3 Å². The molecule has 0 radical (unpaired) electrons. The Morgan fingerprint density at radius 2 is 1.97 bits per heavy atom. The molecule has 4 rings (SSSR count). The molecule has 1 N–H and O–H groups in total. The second kappa shape index (κ2) is 8.24. The van der Waals surface area contributed by atoms with Crippen molar-refractivity contribution in [1.29, 1.82) is 0 Å². The molecule has 1 aromatic carbocycles. The summed E-state index contributed by atoms with van der Waals surface area (Å²) in [5.41, 5.74) is 3.48. The van der Waals surface area contributed by atoms with E-state index in [-0.39, 0.29) is 36.8 Å². The molecule has 1 aliphatic rings. The molecule has 0 amide bonds.